The van der Waals surface area contributed by atoms with E-state index in [4.69, 9.17) is 31.2 Å². The Bertz CT molecular complexity index is 856. The summed E-state index contributed by atoms with van der Waals surface area (Å²) in [6.45, 7) is 3.39. The number of hydrogen-bond donors (Lipinski definition) is 0. The van der Waals surface area contributed by atoms with E-state index in [0.717, 1.165) is 43.7 Å². The number of piperidine rings is 1. The Hall–Kier alpha value is -1.63. The number of rotatable bonds is 6. The van der Waals surface area contributed by atoms with E-state index in [1.165, 1.54) is 11.1 Å². The lowest BCUT2D eigenvalue weighted by molar-refractivity contribution is -0.0416. The third-order valence-electron chi connectivity index (χ3n) is 7.17. The van der Waals surface area contributed by atoms with Gasteiger partial charge in [0, 0.05) is 36.5 Å². The van der Waals surface area contributed by atoms with Crippen LogP contribution < -0.4 is 9.47 Å². The smallest absolute Gasteiger partial charge is 0.188 e. The molecule has 1 aromatic rings. The van der Waals surface area contributed by atoms with Crippen molar-refractivity contribution in [2.45, 2.75) is 56.3 Å². The lowest BCUT2D eigenvalue weighted by atomic mass is 9.53. The van der Waals surface area contributed by atoms with Gasteiger partial charge in [0.1, 0.15) is 6.10 Å². The molecule has 0 saturated carbocycles. The van der Waals surface area contributed by atoms with Gasteiger partial charge >= 0.3 is 0 Å². The van der Waals surface area contributed by atoms with Gasteiger partial charge in [-0.3, -0.25) is 0 Å². The molecule has 0 N–H and O–H groups in total. The molecule has 0 aromatic heterocycles. The first-order valence-electron chi connectivity index (χ1n) is 10.6. The van der Waals surface area contributed by atoms with Crippen LogP contribution in [-0.4, -0.2) is 55.7 Å². The zero-order valence-electron chi connectivity index (χ0n) is 17.3. The standard InChI is InChI=1S/C23H29NO4S/c1-4-5-19(29)27-18-9-7-15-16-12-14-6-8-17(26-13-25-3)21-20(14)23(15,22(18)28-21)10-11-24(16)2/h6-9,15-16,18,22H,4-5,10-13H2,1-3H3/t15-,16+,18-,22-,23-/m0/s1. The zero-order valence-corrected chi connectivity index (χ0v) is 18.2. The van der Waals surface area contributed by atoms with E-state index in [1.54, 1.807) is 7.11 Å². The molecular weight excluding hydrogens is 386 g/mol. The van der Waals surface area contributed by atoms with Crippen LogP contribution >= 0.6 is 12.2 Å². The van der Waals surface area contributed by atoms with E-state index in [-0.39, 0.29) is 24.4 Å². The van der Waals surface area contributed by atoms with Crippen molar-refractivity contribution in [2.75, 3.05) is 27.5 Å². The molecule has 156 valence electrons. The quantitative estimate of drug-likeness (QED) is 0.401. The van der Waals surface area contributed by atoms with Crippen molar-refractivity contribution in [1.82, 2.24) is 4.90 Å². The van der Waals surface area contributed by atoms with Crippen molar-refractivity contribution in [2.24, 2.45) is 5.92 Å². The number of thiocarbonyl (C=S) groups is 1. The van der Waals surface area contributed by atoms with Crippen molar-refractivity contribution < 1.29 is 18.9 Å². The average molecular weight is 416 g/mol. The van der Waals surface area contributed by atoms with Crippen molar-refractivity contribution in [3.8, 4) is 11.5 Å². The van der Waals surface area contributed by atoms with E-state index in [9.17, 15) is 0 Å². The molecule has 2 heterocycles. The Labute approximate surface area is 177 Å². The largest absolute Gasteiger partial charge is 0.481 e. The summed E-state index contributed by atoms with van der Waals surface area (Å²) in [5.41, 5.74) is 2.64. The van der Waals surface area contributed by atoms with E-state index in [1.807, 2.05) is 6.07 Å². The van der Waals surface area contributed by atoms with Crippen LogP contribution in [0, 0.1) is 5.92 Å². The number of methoxy groups -OCH3 is 1. The first-order chi connectivity index (χ1) is 14.1. The summed E-state index contributed by atoms with van der Waals surface area (Å²) in [7, 11) is 3.88. The Balaban J connectivity index is 1.61. The van der Waals surface area contributed by atoms with Crippen molar-refractivity contribution >= 4 is 17.3 Å². The molecule has 2 aliphatic heterocycles. The predicted octanol–water partition coefficient (Wildman–Crippen LogP) is 3.63. The second-order valence-corrected chi connectivity index (χ2v) is 9.13. The highest BCUT2D eigenvalue weighted by molar-refractivity contribution is 7.80. The number of nitrogens with zero attached hydrogens (tertiary/aromatic N) is 1. The predicted molar refractivity (Wildman–Crippen MR) is 115 cm³/mol. The maximum Gasteiger partial charge on any atom is 0.188 e. The molecule has 29 heavy (non-hydrogen) atoms. The van der Waals surface area contributed by atoms with Crippen molar-refractivity contribution in [3.63, 3.8) is 0 Å². The first-order valence-corrected chi connectivity index (χ1v) is 11.0. The minimum atomic E-state index is -0.164. The van der Waals surface area contributed by atoms with Crippen LogP contribution in [0.25, 0.3) is 0 Å². The molecule has 1 aromatic carbocycles. The van der Waals surface area contributed by atoms with Gasteiger partial charge in [0.25, 0.3) is 0 Å². The highest BCUT2D eigenvalue weighted by atomic mass is 32.1. The zero-order chi connectivity index (χ0) is 20.2. The number of likely N-dealkylation sites (N-methyl/N-ethyl adjacent to an activating group) is 1. The second-order valence-electron chi connectivity index (χ2n) is 8.67. The van der Waals surface area contributed by atoms with Gasteiger partial charge < -0.3 is 23.8 Å². The molecule has 1 saturated heterocycles. The lowest BCUT2D eigenvalue weighted by Crippen LogP contribution is -2.65. The molecule has 6 heteroatoms. The van der Waals surface area contributed by atoms with Crippen molar-refractivity contribution in [1.29, 1.82) is 0 Å². The molecule has 2 aliphatic carbocycles. The number of hydrogen-bond acceptors (Lipinski definition) is 6. The third-order valence-corrected chi connectivity index (χ3v) is 7.47. The Morgan fingerprint density at radius 2 is 2.21 bits per heavy atom. The highest BCUT2D eigenvalue weighted by Gasteiger charge is 2.65. The molecule has 0 amide bonds. The number of likely N-dealkylation sites (tertiary alicyclic amines) is 1. The van der Waals surface area contributed by atoms with Gasteiger partial charge in [0.2, 0.25) is 0 Å². The second kappa shape index (κ2) is 7.25. The van der Waals surface area contributed by atoms with Gasteiger partial charge in [-0.05, 0) is 62.8 Å². The summed E-state index contributed by atoms with van der Waals surface area (Å²) in [5.74, 6) is 2.06. The van der Waals surface area contributed by atoms with Crippen LogP contribution in [-0.2, 0) is 21.3 Å². The molecular formula is C23H29NO4S. The third kappa shape index (κ3) is 2.76. The molecule has 1 spiro atoms. The van der Waals surface area contributed by atoms with E-state index >= 15 is 0 Å². The van der Waals surface area contributed by atoms with Gasteiger partial charge in [0.15, 0.2) is 29.4 Å². The molecule has 2 bridgehead atoms. The van der Waals surface area contributed by atoms with Crippen LogP contribution in [0.2, 0.25) is 0 Å². The van der Waals surface area contributed by atoms with Crippen molar-refractivity contribution in [3.05, 3.63) is 35.4 Å². The molecule has 0 radical (unpaired) electrons. The van der Waals surface area contributed by atoms with Crippen LogP contribution in [0.3, 0.4) is 0 Å². The number of benzene rings is 1. The fraction of sp³-hybridized carbons (Fsp3) is 0.609. The molecule has 0 unspecified atom stereocenters. The summed E-state index contributed by atoms with van der Waals surface area (Å²) in [4.78, 5) is 2.51. The molecule has 4 aliphatic rings. The molecule has 5 rings (SSSR count). The Kier molecular flexibility index (Phi) is 4.84. The van der Waals surface area contributed by atoms with E-state index in [2.05, 4.69) is 37.1 Å². The summed E-state index contributed by atoms with van der Waals surface area (Å²) < 4.78 is 24.0. The highest BCUT2D eigenvalue weighted by Crippen LogP contribution is 2.62. The van der Waals surface area contributed by atoms with E-state index < -0.39 is 0 Å². The van der Waals surface area contributed by atoms with Gasteiger partial charge in [-0.1, -0.05) is 19.1 Å². The monoisotopic (exact) mass is 415 g/mol. The lowest BCUT2D eigenvalue weighted by Gasteiger charge is -2.56. The van der Waals surface area contributed by atoms with Gasteiger partial charge in [-0.15, -0.1) is 0 Å². The first kappa shape index (κ1) is 19.3. The average Bonchev–Trinajstić information content (AvgIpc) is 3.06. The normalized spacial score (nSPS) is 33.8. The number of ether oxygens (including phenoxy) is 4. The van der Waals surface area contributed by atoms with Gasteiger partial charge in [0.05, 0.1) is 0 Å². The summed E-state index contributed by atoms with van der Waals surface area (Å²) in [5, 5.41) is 0.674. The summed E-state index contributed by atoms with van der Waals surface area (Å²) in [6.07, 6.45) is 8.20. The molecule has 1 fully saturated rings. The van der Waals surface area contributed by atoms with Gasteiger partial charge in [-0.25, -0.2) is 0 Å². The van der Waals surface area contributed by atoms with Crippen LogP contribution in [0.5, 0.6) is 11.5 Å². The van der Waals surface area contributed by atoms with Crippen LogP contribution in [0.15, 0.2) is 24.3 Å². The summed E-state index contributed by atoms with van der Waals surface area (Å²) >= 11 is 5.50. The molecule has 5 atom stereocenters. The fourth-order valence-electron chi connectivity index (χ4n) is 5.96. The van der Waals surface area contributed by atoms with Gasteiger partial charge in [-0.2, -0.15) is 0 Å². The molecule has 5 nitrogen and oxygen atoms in total. The Morgan fingerprint density at radius 1 is 1.34 bits per heavy atom. The van der Waals surface area contributed by atoms with E-state index in [0.29, 0.717) is 17.0 Å². The minimum absolute atomic E-state index is 0.0756. The SMILES string of the molecule is CCCC(=S)O[C@H]1C=C[C@H]2[C@H]3Cc4ccc(OCOC)c5c4[C@@]2(CCN3C)[C@H]1O5. The minimum Gasteiger partial charge on any atom is -0.481 e. The van der Waals surface area contributed by atoms with Crippen LogP contribution in [0.1, 0.15) is 37.3 Å². The van der Waals surface area contributed by atoms with Crippen LogP contribution in [0.4, 0.5) is 0 Å². The maximum atomic E-state index is 6.70. The maximum absolute atomic E-state index is 6.70. The fourth-order valence-corrected chi connectivity index (χ4v) is 6.28. The Morgan fingerprint density at radius 3 is 3.00 bits per heavy atom. The topological polar surface area (TPSA) is 40.2 Å². The summed E-state index contributed by atoms with van der Waals surface area (Å²) in [6, 6.07) is 4.73.